The number of hydrogen-bond acceptors (Lipinski definition) is 6. The predicted octanol–water partition coefficient (Wildman–Crippen LogP) is 2.85. The Morgan fingerprint density at radius 3 is 2.59 bits per heavy atom. The van der Waals surface area contributed by atoms with Gasteiger partial charge in [0.05, 0.1) is 10.9 Å². The molecule has 1 saturated heterocycles. The summed E-state index contributed by atoms with van der Waals surface area (Å²) in [4.78, 5) is 19.7. The zero-order chi connectivity index (χ0) is 19.1. The molecule has 3 aromatic rings. The van der Waals surface area contributed by atoms with E-state index in [1.165, 1.54) is 15.9 Å². The first kappa shape index (κ1) is 18.4. The molecule has 1 atom stereocenters. The van der Waals surface area contributed by atoms with Crippen LogP contribution in [0, 0.1) is 12.8 Å². The van der Waals surface area contributed by atoms with E-state index in [2.05, 4.69) is 43.0 Å². The van der Waals surface area contributed by atoms with E-state index in [4.69, 9.17) is 5.73 Å². The second kappa shape index (κ2) is 7.21. The van der Waals surface area contributed by atoms with E-state index >= 15 is 0 Å². The molecule has 1 amide bonds. The summed E-state index contributed by atoms with van der Waals surface area (Å²) in [5, 5.41) is 15.1. The van der Waals surface area contributed by atoms with Gasteiger partial charge in [0.25, 0.3) is 0 Å². The lowest BCUT2D eigenvalue weighted by molar-refractivity contribution is -0.123. The molecular formula is C18H20BrN5O2S. The van der Waals surface area contributed by atoms with Crippen LogP contribution < -0.4 is 5.73 Å². The maximum atomic E-state index is 11.5. The minimum atomic E-state index is -0.230. The number of aryl methyl sites for hydroxylation is 1. The SMILES string of the molecule is Cc1nc2sc(C(c3ccc(Br)cc3)N3CCC(C(N)=O)CC3)c(O)n2n1. The Labute approximate surface area is 168 Å². The highest BCUT2D eigenvalue weighted by molar-refractivity contribution is 9.10. The number of amides is 1. The number of primary amides is 1. The van der Waals surface area contributed by atoms with Crippen LogP contribution in [-0.4, -0.2) is 43.6 Å². The lowest BCUT2D eigenvalue weighted by Gasteiger charge is -2.36. The van der Waals surface area contributed by atoms with Crippen LogP contribution in [0.15, 0.2) is 28.7 Å². The van der Waals surface area contributed by atoms with E-state index < -0.39 is 0 Å². The first-order valence-electron chi connectivity index (χ1n) is 8.78. The summed E-state index contributed by atoms with van der Waals surface area (Å²) in [6.45, 7) is 3.28. The highest BCUT2D eigenvalue weighted by Gasteiger charge is 2.33. The van der Waals surface area contributed by atoms with Crippen molar-refractivity contribution in [3.8, 4) is 5.88 Å². The molecule has 1 aromatic carbocycles. The molecule has 0 saturated carbocycles. The van der Waals surface area contributed by atoms with E-state index in [9.17, 15) is 9.90 Å². The number of nitrogens with two attached hydrogens (primary N) is 1. The normalized spacial score (nSPS) is 17.4. The summed E-state index contributed by atoms with van der Waals surface area (Å²) < 4.78 is 2.50. The summed E-state index contributed by atoms with van der Waals surface area (Å²) >= 11 is 4.93. The standard InChI is InChI=1S/C18H20BrN5O2S/c1-10-21-18-24(22-10)17(26)15(27-18)14(11-2-4-13(19)5-3-11)23-8-6-12(7-9-23)16(20)25/h2-5,12,14,26H,6-9H2,1H3,(H2,20,25). The number of halogens is 1. The van der Waals surface area contributed by atoms with Gasteiger partial charge in [0.1, 0.15) is 5.82 Å². The van der Waals surface area contributed by atoms with Crippen LogP contribution >= 0.6 is 27.3 Å². The van der Waals surface area contributed by atoms with Gasteiger partial charge in [-0.05, 0) is 50.6 Å². The van der Waals surface area contributed by atoms with Crippen molar-refractivity contribution in [3.63, 3.8) is 0 Å². The molecule has 0 spiro atoms. The molecule has 0 radical (unpaired) electrons. The third-order valence-corrected chi connectivity index (χ3v) is 6.64. The first-order valence-corrected chi connectivity index (χ1v) is 10.4. The molecule has 0 bridgehead atoms. The quantitative estimate of drug-likeness (QED) is 0.637. The fourth-order valence-electron chi connectivity index (χ4n) is 3.64. The number of thiazole rings is 1. The van der Waals surface area contributed by atoms with Crippen LogP contribution in [0.1, 0.15) is 35.1 Å². The first-order chi connectivity index (χ1) is 12.9. The third kappa shape index (κ3) is 3.46. The molecule has 27 heavy (non-hydrogen) atoms. The number of piperidine rings is 1. The Kier molecular flexibility index (Phi) is 4.92. The second-order valence-corrected chi connectivity index (χ2v) is 8.73. The number of benzene rings is 1. The maximum Gasteiger partial charge on any atom is 0.230 e. The largest absolute Gasteiger partial charge is 0.492 e. The number of hydrogen-bond donors (Lipinski definition) is 2. The van der Waals surface area contributed by atoms with E-state index in [0.717, 1.165) is 40.8 Å². The van der Waals surface area contributed by atoms with Gasteiger partial charge >= 0.3 is 0 Å². The van der Waals surface area contributed by atoms with E-state index in [1.54, 1.807) is 6.92 Å². The highest BCUT2D eigenvalue weighted by atomic mass is 79.9. The average molecular weight is 450 g/mol. The highest BCUT2D eigenvalue weighted by Crippen LogP contribution is 2.41. The van der Waals surface area contributed by atoms with Crippen molar-refractivity contribution < 1.29 is 9.90 Å². The molecule has 1 unspecified atom stereocenters. The number of nitrogens with zero attached hydrogens (tertiary/aromatic N) is 4. The molecule has 3 N–H and O–H groups in total. The molecule has 4 rings (SSSR count). The maximum absolute atomic E-state index is 11.5. The number of carbonyl (C=O) groups excluding carboxylic acids is 1. The molecule has 1 aliphatic rings. The van der Waals surface area contributed by atoms with Gasteiger partial charge in [-0.1, -0.05) is 39.4 Å². The Bertz CT molecular complexity index is 976. The minimum absolute atomic E-state index is 0.0784. The van der Waals surface area contributed by atoms with Crippen LogP contribution in [0.4, 0.5) is 0 Å². The zero-order valence-electron chi connectivity index (χ0n) is 14.8. The number of aromatic hydroxyl groups is 1. The molecule has 2 aromatic heterocycles. The minimum Gasteiger partial charge on any atom is -0.492 e. The number of fused-ring (bicyclic) bond motifs is 1. The van der Waals surface area contributed by atoms with Gasteiger partial charge < -0.3 is 10.8 Å². The zero-order valence-corrected chi connectivity index (χ0v) is 17.2. The third-order valence-electron chi connectivity index (χ3n) is 5.04. The van der Waals surface area contributed by atoms with Gasteiger partial charge in [0.2, 0.25) is 16.7 Å². The number of likely N-dealkylation sites (tertiary alicyclic amines) is 1. The lowest BCUT2D eigenvalue weighted by Crippen LogP contribution is -2.40. The number of rotatable bonds is 4. The van der Waals surface area contributed by atoms with Crippen molar-refractivity contribution in [1.82, 2.24) is 19.5 Å². The molecular weight excluding hydrogens is 430 g/mol. The molecule has 7 nitrogen and oxygen atoms in total. The lowest BCUT2D eigenvalue weighted by atomic mass is 9.93. The fraction of sp³-hybridized carbons (Fsp3) is 0.389. The summed E-state index contributed by atoms with van der Waals surface area (Å²) in [6, 6.07) is 7.97. The van der Waals surface area contributed by atoms with Crippen molar-refractivity contribution in [2.75, 3.05) is 13.1 Å². The summed E-state index contributed by atoms with van der Waals surface area (Å²) in [5.74, 6) is 0.448. The predicted molar refractivity (Wildman–Crippen MR) is 107 cm³/mol. The molecule has 9 heteroatoms. The van der Waals surface area contributed by atoms with Gasteiger partial charge in [-0.2, -0.15) is 4.52 Å². The fourth-order valence-corrected chi connectivity index (χ4v) is 5.07. The Morgan fingerprint density at radius 1 is 1.33 bits per heavy atom. The van der Waals surface area contributed by atoms with Crippen molar-refractivity contribution in [2.45, 2.75) is 25.8 Å². The molecule has 142 valence electrons. The van der Waals surface area contributed by atoms with Crippen LogP contribution in [0.5, 0.6) is 5.88 Å². The Balaban J connectivity index is 1.74. The topological polar surface area (TPSA) is 96.8 Å². The van der Waals surface area contributed by atoms with E-state index in [0.29, 0.717) is 10.8 Å². The van der Waals surface area contributed by atoms with Crippen LogP contribution in [0.2, 0.25) is 0 Å². The van der Waals surface area contributed by atoms with Gasteiger partial charge in [-0.3, -0.25) is 9.69 Å². The summed E-state index contributed by atoms with van der Waals surface area (Å²) in [5.41, 5.74) is 6.56. The van der Waals surface area contributed by atoms with Gasteiger partial charge in [-0.15, -0.1) is 5.10 Å². The van der Waals surface area contributed by atoms with Gasteiger partial charge in [-0.25, -0.2) is 4.98 Å². The van der Waals surface area contributed by atoms with Crippen LogP contribution in [0.25, 0.3) is 4.96 Å². The smallest absolute Gasteiger partial charge is 0.230 e. The van der Waals surface area contributed by atoms with Crippen molar-refractivity contribution in [1.29, 1.82) is 0 Å². The van der Waals surface area contributed by atoms with E-state index in [-0.39, 0.29) is 23.7 Å². The number of aromatic nitrogens is 3. The van der Waals surface area contributed by atoms with Gasteiger partial charge in [0.15, 0.2) is 0 Å². The van der Waals surface area contributed by atoms with Crippen molar-refractivity contribution in [2.24, 2.45) is 11.7 Å². The average Bonchev–Trinajstić information content (AvgIpc) is 3.15. The molecule has 3 heterocycles. The monoisotopic (exact) mass is 449 g/mol. The molecule has 1 aliphatic heterocycles. The van der Waals surface area contributed by atoms with Crippen molar-refractivity contribution >= 4 is 38.1 Å². The summed E-state index contributed by atoms with van der Waals surface area (Å²) in [6.07, 6.45) is 1.45. The second-order valence-electron chi connectivity index (χ2n) is 6.81. The van der Waals surface area contributed by atoms with Gasteiger partial charge in [0, 0.05) is 10.4 Å². The Morgan fingerprint density at radius 2 is 2.00 bits per heavy atom. The summed E-state index contributed by atoms with van der Waals surface area (Å²) in [7, 11) is 0. The van der Waals surface area contributed by atoms with E-state index in [1.807, 2.05) is 12.1 Å². The van der Waals surface area contributed by atoms with Crippen LogP contribution in [-0.2, 0) is 4.79 Å². The van der Waals surface area contributed by atoms with Crippen LogP contribution in [0.3, 0.4) is 0 Å². The molecule has 1 fully saturated rings. The molecule has 0 aliphatic carbocycles. The van der Waals surface area contributed by atoms with Crippen molar-refractivity contribution in [3.05, 3.63) is 45.0 Å². The Hall–Kier alpha value is -1.97. The number of carbonyl (C=O) groups is 1.